The predicted molar refractivity (Wildman–Crippen MR) is 131 cm³/mol. The molecule has 2 fully saturated rings. The molecule has 7 heteroatoms. The van der Waals surface area contributed by atoms with E-state index in [2.05, 4.69) is 34.9 Å². The highest BCUT2D eigenvalue weighted by Crippen LogP contribution is 2.63. The summed E-state index contributed by atoms with van der Waals surface area (Å²) in [6, 6.07) is 15.3. The largest absolute Gasteiger partial charge is 0.481 e. The second kappa shape index (κ2) is 8.40. The van der Waals surface area contributed by atoms with E-state index >= 15 is 0 Å². The van der Waals surface area contributed by atoms with Gasteiger partial charge in [0.15, 0.2) is 0 Å². The lowest BCUT2D eigenvalue weighted by atomic mass is 9.86. The van der Waals surface area contributed by atoms with E-state index in [9.17, 15) is 19.5 Å². The van der Waals surface area contributed by atoms with Crippen molar-refractivity contribution in [3.63, 3.8) is 0 Å². The SMILES string of the molecule is CC(C)(C)[C@@H](NC(=O)OCC1c2ccccc2-c2ccccc21)C(=O)N[C@@H]1C[C@H]2C[C@@]2(C(=O)O)C1. The van der Waals surface area contributed by atoms with Gasteiger partial charge < -0.3 is 20.5 Å². The maximum atomic E-state index is 13.1. The van der Waals surface area contributed by atoms with Crippen molar-refractivity contribution < 1.29 is 24.2 Å². The lowest BCUT2D eigenvalue weighted by Gasteiger charge is -2.31. The Bertz CT molecular complexity index is 1140. The van der Waals surface area contributed by atoms with Crippen molar-refractivity contribution in [3.05, 3.63) is 59.7 Å². The van der Waals surface area contributed by atoms with Gasteiger partial charge in [0, 0.05) is 12.0 Å². The molecule has 0 unspecified atom stereocenters. The van der Waals surface area contributed by atoms with Crippen molar-refractivity contribution in [1.29, 1.82) is 0 Å². The van der Waals surface area contributed by atoms with E-state index in [0.717, 1.165) is 22.3 Å². The summed E-state index contributed by atoms with van der Waals surface area (Å²) in [6.07, 6.45) is 1.16. The van der Waals surface area contributed by atoms with Crippen LogP contribution in [0.15, 0.2) is 48.5 Å². The van der Waals surface area contributed by atoms with Gasteiger partial charge in [-0.15, -0.1) is 0 Å². The van der Waals surface area contributed by atoms with Crippen molar-refractivity contribution in [2.45, 2.75) is 58.0 Å². The molecule has 3 aliphatic carbocycles. The first-order chi connectivity index (χ1) is 16.6. The summed E-state index contributed by atoms with van der Waals surface area (Å²) in [6.45, 7) is 5.81. The maximum absolute atomic E-state index is 13.1. The summed E-state index contributed by atoms with van der Waals surface area (Å²) < 4.78 is 5.65. The first-order valence-electron chi connectivity index (χ1n) is 12.3. The molecule has 0 bridgehead atoms. The fraction of sp³-hybridized carbons (Fsp3) is 0.464. The molecule has 4 atom stereocenters. The summed E-state index contributed by atoms with van der Waals surface area (Å²) >= 11 is 0. The van der Waals surface area contributed by atoms with Crippen LogP contribution >= 0.6 is 0 Å². The third-order valence-electron chi connectivity index (χ3n) is 7.92. The third-order valence-corrected chi connectivity index (χ3v) is 7.92. The number of ether oxygens (including phenoxy) is 1. The van der Waals surface area contributed by atoms with E-state index in [4.69, 9.17) is 4.74 Å². The van der Waals surface area contributed by atoms with Gasteiger partial charge in [0.25, 0.3) is 0 Å². The highest BCUT2D eigenvalue weighted by Gasteiger charge is 2.65. The van der Waals surface area contributed by atoms with E-state index in [1.54, 1.807) is 0 Å². The van der Waals surface area contributed by atoms with Crippen LogP contribution in [-0.2, 0) is 14.3 Å². The molecule has 0 aliphatic heterocycles. The molecule has 35 heavy (non-hydrogen) atoms. The van der Waals surface area contributed by atoms with Gasteiger partial charge in [-0.05, 0) is 52.8 Å². The highest BCUT2D eigenvalue weighted by atomic mass is 16.5. The van der Waals surface area contributed by atoms with E-state index in [1.165, 1.54) is 0 Å². The summed E-state index contributed by atoms with van der Waals surface area (Å²) in [5.41, 5.74) is 3.32. The lowest BCUT2D eigenvalue weighted by Crippen LogP contribution is -2.55. The number of carboxylic acid groups (broad SMARTS) is 1. The second-order valence-corrected chi connectivity index (χ2v) is 11.3. The molecule has 2 amide bonds. The van der Waals surface area contributed by atoms with Crippen molar-refractivity contribution in [2.24, 2.45) is 16.7 Å². The quantitative estimate of drug-likeness (QED) is 0.576. The average Bonchev–Trinajstić information content (AvgIpc) is 3.24. The van der Waals surface area contributed by atoms with Gasteiger partial charge >= 0.3 is 12.1 Å². The molecule has 7 nitrogen and oxygen atoms in total. The lowest BCUT2D eigenvalue weighted by molar-refractivity contribution is -0.144. The van der Waals surface area contributed by atoms with Crippen LogP contribution in [0.5, 0.6) is 0 Å². The number of rotatable bonds is 6. The van der Waals surface area contributed by atoms with Crippen LogP contribution in [0.1, 0.15) is 57.1 Å². The van der Waals surface area contributed by atoms with Crippen LogP contribution in [-0.4, -0.2) is 41.8 Å². The zero-order chi connectivity index (χ0) is 25.0. The number of carbonyl (C=O) groups is 3. The minimum atomic E-state index is -0.809. The Morgan fingerprint density at radius 3 is 2.17 bits per heavy atom. The third kappa shape index (κ3) is 4.17. The normalized spacial score (nSPS) is 25.1. The number of amides is 2. The molecule has 0 spiro atoms. The summed E-state index contributed by atoms with van der Waals surface area (Å²) in [7, 11) is 0. The number of carbonyl (C=O) groups excluding carboxylic acids is 2. The maximum Gasteiger partial charge on any atom is 0.407 e. The molecule has 0 heterocycles. The molecule has 3 N–H and O–H groups in total. The van der Waals surface area contributed by atoms with Gasteiger partial charge in [0.1, 0.15) is 12.6 Å². The summed E-state index contributed by atoms with van der Waals surface area (Å²) in [5.74, 6) is -1.01. The molecule has 5 rings (SSSR count). The number of aliphatic carboxylic acids is 1. The van der Waals surface area contributed by atoms with Gasteiger partial charge in [-0.2, -0.15) is 0 Å². The van der Waals surface area contributed by atoms with Crippen LogP contribution in [0.25, 0.3) is 11.1 Å². The van der Waals surface area contributed by atoms with E-state index in [-0.39, 0.29) is 30.4 Å². The van der Waals surface area contributed by atoms with Gasteiger partial charge in [0.2, 0.25) is 5.91 Å². The average molecular weight is 477 g/mol. The fourth-order valence-electron chi connectivity index (χ4n) is 5.98. The van der Waals surface area contributed by atoms with Crippen molar-refractivity contribution >= 4 is 18.0 Å². The Labute approximate surface area is 205 Å². The molecular weight excluding hydrogens is 444 g/mol. The monoisotopic (exact) mass is 476 g/mol. The molecule has 2 aromatic carbocycles. The van der Waals surface area contributed by atoms with Crippen molar-refractivity contribution in [1.82, 2.24) is 10.6 Å². The van der Waals surface area contributed by atoms with Gasteiger partial charge in [0.05, 0.1) is 5.41 Å². The Morgan fingerprint density at radius 2 is 1.63 bits per heavy atom. The molecule has 0 saturated heterocycles. The number of benzene rings is 2. The second-order valence-electron chi connectivity index (χ2n) is 11.3. The molecule has 2 aromatic rings. The molecule has 184 valence electrons. The van der Waals surface area contributed by atoms with Crippen molar-refractivity contribution in [3.8, 4) is 11.1 Å². The zero-order valence-corrected chi connectivity index (χ0v) is 20.3. The van der Waals surface area contributed by atoms with Crippen LogP contribution in [0.3, 0.4) is 0 Å². The smallest absolute Gasteiger partial charge is 0.407 e. The standard InChI is InChI=1S/C28H32N2O5/c1-27(2,3)23(24(31)29-17-12-16-13-28(16,14-17)25(32)33)30-26(34)35-15-22-20-10-6-4-8-18(20)19-9-5-7-11-21(19)22/h4-11,16-17,22-23H,12-15H2,1-3H3,(H,29,31)(H,30,34)(H,32,33)/t16-,17+,23-,28+/m0/s1. The topological polar surface area (TPSA) is 105 Å². The first-order valence-corrected chi connectivity index (χ1v) is 12.3. The number of hydrogen-bond acceptors (Lipinski definition) is 4. The van der Waals surface area contributed by atoms with Gasteiger partial charge in [-0.25, -0.2) is 4.79 Å². The van der Waals surface area contributed by atoms with Crippen LogP contribution in [0, 0.1) is 16.7 Å². The minimum absolute atomic E-state index is 0.0625. The van der Waals surface area contributed by atoms with Gasteiger partial charge in [-0.3, -0.25) is 9.59 Å². The van der Waals surface area contributed by atoms with Crippen molar-refractivity contribution in [2.75, 3.05) is 6.61 Å². The Morgan fingerprint density at radius 1 is 1.03 bits per heavy atom. The Balaban J connectivity index is 1.22. The molecule has 3 aliphatic rings. The van der Waals surface area contributed by atoms with Crippen LogP contribution < -0.4 is 10.6 Å². The number of nitrogens with one attached hydrogen (secondary N) is 2. The number of fused-ring (bicyclic) bond motifs is 4. The Kier molecular flexibility index (Phi) is 5.61. The van der Waals surface area contributed by atoms with E-state index in [1.807, 2.05) is 45.0 Å². The summed E-state index contributed by atoms with van der Waals surface area (Å²) in [4.78, 5) is 37.6. The Hall–Kier alpha value is -3.35. The first kappa shape index (κ1) is 23.4. The number of alkyl carbamates (subject to hydrolysis) is 1. The molecule has 0 aromatic heterocycles. The molecular formula is C28H32N2O5. The number of carboxylic acids is 1. The van der Waals surface area contributed by atoms with Crippen LogP contribution in [0.4, 0.5) is 4.79 Å². The highest BCUT2D eigenvalue weighted by molar-refractivity contribution is 5.87. The molecule has 2 saturated carbocycles. The summed E-state index contributed by atoms with van der Waals surface area (Å²) in [5, 5.41) is 15.3. The van der Waals surface area contributed by atoms with Gasteiger partial charge in [-0.1, -0.05) is 69.3 Å². The van der Waals surface area contributed by atoms with E-state index < -0.39 is 28.9 Å². The minimum Gasteiger partial charge on any atom is -0.481 e. The zero-order valence-electron chi connectivity index (χ0n) is 20.3. The van der Waals surface area contributed by atoms with Crippen LogP contribution in [0.2, 0.25) is 0 Å². The number of hydrogen-bond donors (Lipinski definition) is 3. The fourth-order valence-corrected chi connectivity index (χ4v) is 5.98. The predicted octanol–water partition coefficient (Wildman–Crippen LogP) is 4.31. The van der Waals surface area contributed by atoms with E-state index in [0.29, 0.717) is 19.3 Å². The molecule has 0 radical (unpaired) electrons.